The highest BCUT2D eigenvalue weighted by atomic mass is 35.5. The minimum atomic E-state index is -0.713. The van der Waals surface area contributed by atoms with Crippen LogP contribution in [0.15, 0.2) is 21.7 Å². The number of nitrogens with two attached hydrogens (primary N) is 1. The number of halogens is 1. The second-order valence-electron chi connectivity index (χ2n) is 8.14. The van der Waals surface area contributed by atoms with Crippen LogP contribution >= 0.6 is 11.6 Å². The van der Waals surface area contributed by atoms with Gasteiger partial charge in [0, 0.05) is 25.1 Å². The summed E-state index contributed by atoms with van der Waals surface area (Å²) in [7, 11) is 0. The van der Waals surface area contributed by atoms with E-state index >= 15 is 0 Å². The highest BCUT2D eigenvalue weighted by Crippen LogP contribution is 2.38. The molecule has 1 aliphatic rings. The molecule has 3 rings (SSSR count). The zero-order valence-electron chi connectivity index (χ0n) is 18.6. The van der Waals surface area contributed by atoms with Crippen LogP contribution in [-0.2, 0) is 6.54 Å². The van der Waals surface area contributed by atoms with Crippen molar-refractivity contribution in [3.8, 4) is 11.5 Å². The first kappa shape index (κ1) is 23.7. The summed E-state index contributed by atoms with van der Waals surface area (Å²) in [6.07, 6.45) is 2.23. The molecule has 9 nitrogen and oxygen atoms in total. The Hall–Kier alpha value is -2.94. The molecular formula is C22H29ClN4O5. The fourth-order valence-electron chi connectivity index (χ4n) is 3.53. The van der Waals surface area contributed by atoms with E-state index in [9.17, 15) is 14.4 Å². The van der Waals surface area contributed by atoms with Gasteiger partial charge >= 0.3 is 5.69 Å². The molecule has 2 heterocycles. The Labute approximate surface area is 191 Å². The molecule has 174 valence electrons. The summed E-state index contributed by atoms with van der Waals surface area (Å²) in [5.74, 6) is 0.264. The van der Waals surface area contributed by atoms with E-state index in [0.717, 1.165) is 6.42 Å². The lowest BCUT2D eigenvalue weighted by atomic mass is 10.1. The third-order valence-electron chi connectivity index (χ3n) is 5.06. The summed E-state index contributed by atoms with van der Waals surface area (Å²) in [5, 5.41) is 0.243. The average molecular weight is 465 g/mol. The highest BCUT2D eigenvalue weighted by molar-refractivity contribution is 6.33. The average Bonchev–Trinajstić information content (AvgIpc) is 2.98. The number of nitrogens with zero attached hydrogens (tertiary/aromatic N) is 2. The quantitative estimate of drug-likeness (QED) is 0.649. The summed E-state index contributed by atoms with van der Waals surface area (Å²) >= 11 is 6.37. The Kier molecular flexibility index (Phi) is 7.50. The molecule has 0 fully saturated rings. The molecule has 1 aromatic heterocycles. The van der Waals surface area contributed by atoms with Gasteiger partial charge in [-0.2, -0.15) is 0 Å². The van der Waals surface area contributed by atoms with Gasteiger partial charge < -0.3 is 20.1 Å². The van der Waals surface area contributed by atoms with Gasteiger partial charge in [0.15, 0.2) is 17.2 Å². The van der Waals surface area contributed by atoms with Crippen molar-refractivity contribution in [1.82, 2.24) is 9.55 Å². The van der Waals surface area contributed by atoms with Gasteiger partial charge in [0.1, 0.15) is 5.82 Å². The molecule has 0 spiro atoms. The SMILES string of the molecule is CCCCn1c(N)c(N(CC(C)C)C(=O)c2cc(Cl)c3c(c2)OCCCO3)c(=O)[nH]c1=O. The van der Waals surface area contributed by atoms with Gasteiger partial charge in [-0.05, 0) is 24.5 Å². The Morgan fingerprint density at radius 2 is 2.00 bits per heavy atom. The number of rotatable bonds is 7. The normalized spacial score (nSPS) is 13.2. The number of hydrogen-bond donors (Lipinski definition) is 2. The van der Waals surface area contributed by atoms with Gasteiger partial charge in [-0.15, -0.1) is 0 Å². The zero-order valence-corrected chi connectivity index (χ0v) is 19.3. The van der Waals surface area contributed by atoms with Crippen LogP contribution < -0.4 is 31.4 Å². The van der Waals surface area contributed by atoms with Crippen LogP contribution in [0.4, 0.5) is 11.5 Å². The number of nitrogens with one attached hydrogen (secondary N) is 1. The van der Waals surface area contributed by atoms with E-state index in [0.29, 0.717) is 44.1 Å². The van der Waals surface area contributed by atoms with Gasteiger partial charge in [0.05, 0.1) is 18.2 Å². The summed E-state index contributed by atoms with van der Waals surface area (Å²) in [5.41, 5.74) is 5.12. The van der Waals surface area contributed by atoms with Crippen LogP contribution in [0.2, 0.25) is 5.02 Å². The van der Waals surface area contributed by atoms with Gasteiger partial charge in [-0.1, -0.05) is 38.8 Å². The summed E-state index contributed by atoms with van der Waals surface area (Å²) in [6, 6.07) is 3.04. The molecule has 1 aromatic carbocycles. The molecular weight excluding hydrogens is 436 g/mol. The first-order valence-corrected chi connectivity index (χ1v) is 11.2. The minimum absolute atomic E-state index is 0.0182. The Morgan fingerprint density at radius 3 is 2.69 bits per heavy atom. The Balaban J connectivity index is 2.11. The lowest BCUT2D eigenvalue weighted by Crippen LogP contribution is -2.42. The van der Waals surface area contributed by atoms with Gasteiger partial charge in [-0.3, -0.25) is 19.1 Å². The molecule has 3 N–H and O–H groups in total. The molecule has 0 radical (unpaired) electrons. The fraction of sp³-hybridized carbons (Fsp3) is 0.500. The second kappa shape index (κ2) is 10.1. The maximum absolute atomic E-state index is 13.6. The number of carbonyl (C=O) groups excluding carboxylic acids is 1. The topological polar surface area (TPSA) is 120 Å². The maximum Gasteiger partial charge on any atom is 0.330 e. The van der Waals surface area contributed by atoms with Crippen LogP contribution in [0.3, 0.4) is 0 Å². The Bertz CT molecular complexity index is 1110. The number of benzene rings is 1. The van der Waals surface area contributed by atoms with Crippen LogP contribution in [0.25, 0.3) is 0 Å². The predicted octanol–water partition coefficient (Wildman–Crippen LogP) is 3.04. The number of aromatic amines is 1. The third kappa shape index (κ3) is 4.93. The van der Waals surface area contributed by atoms with Crippen molar-refractivity contribution in [3.05, 3.63) is 43.6 Å². The van der Waals surface area contributed by atoms with Crippen molar-refractivity contribution in [2.24, 2.45) is 5.92 Å². The molecule has 10 heteroatoms. The van der Waals surface area contributed by atoms with E-state index in [2.05, 4.69) is 4.98 Å². The number of hydrogen-bond acceptors (Lipinski definition) is 6. The number of ether oxygens (including phenoxy) is 2. The highest BCUT2D eigenvalue weighted by Gasteiger charge is 2.28. The van der Waals surface area contributed by atoms with E-state index in [-0.39, 0.29) is 34.6 Å². The molecule has 0 unspecified atom stereocenters. The number of unbranched alkanes of at least 4 members (excludes halogenated alkanes) is 1. The zero-order chi connectivity index (χ0) is 23.4. The molecule has 32 heavy (non-hydrogen) atoms. The van der Waals surface area contributed by atoms with E-state index in [1.54, 1.807) is 6.07 Å². The van der Waals surface area contributed by atoms with Crippen LogP contribution in [0.5, 0.6) is 11.5 Å². The summed E-state index contributed by atoms with van der Waals surface area (Å²) in [6.45, 7) is 7.26. The van der Waals surface area contributed by atoms with Gasteiger partial charge in [-0.25, -0.2) is 4.79 Å². The van der Waals surface area contributed by atoms with Crippen molar-refractivity contribution in [2.45, 2.75) is 46.6 Å². The van der Waals surface area contributed by atoms with Crippen molar-refractivity contribution in [2.75, 3.05) is 30.4 Å². The molecule has 1 aliphatic heterocycles. The number of fused-ring (bicyclic) bond motifs is 1. The van der Waals surface area contributed by atoms with E-state index in [1.165, 1.54) is 15.5 Å². The van der Waals surface area contributed by atoms with Crippen LogP contribution in [-0.4, -0.2) is 35.2 Å². The summed E-state index contributed by atoms with van der Waals surface area (Å²) in [4.78, 5) is 42.3. The number of nitrogen functional groups attached to an aromatic ring is 1. The molecule has 0 saturated heterocycles. The minimum Gasteiger partial charge on any atom is -0.489 e. The van der Waals surface area contributed by atoms with Crippen molar-refractivity contribution >= 4 is 29.0 Å². The number of H-pyrrole nitrogens is 1. The van der Waals surface area contributed by atoms with Crippen molar-refractivity contribution < 1.29 is 14.3 Å². The monoisotopic (exact) mass is 464 g/mol. The molecule has 0 bridgehead atoms. The lowest BCUT2D eigenvalue weighted by molar-refractivity contribution is 0.0983. The van der Waals surface area contributed by atoms with Gasteiger partial charge in [0.2, 0.25) is 0 Å². The largest absolute Gasteiger partial charge is 0.489 e. The van der Waals surface area contributed by atoms with Crippen molar-refractivity contribution in [1.29, 1.82) is 0 Å². The van der Waals surface area contributed by atoms with Crippen LogP contribution in [0, 0.1) is 5.92 Å². The third-order valence-corrected chi connectivity index (χ3v) is 5.34. The second-order valence-corrected chi connectivity index (χ2v) is 8.55. The molecule has 0 aliphatic carbocycles. The predicted molar refractivity (Wildman–Crippen MR) is 124 cm³/mol. The lowest BCUT2D eigenvalue weighted by Gasteiger charge is -2.26. The summed E-state index contributed by atoms with van der Waals surface area (Å²) < 4.78 is 12.6. The standard InChI is InChI=1S/C22H29ClN4O5/c1-4-5-7-26-19(24)17(20(28)25-22(26)30)27(12-13(2)3)21(29)14-10-15(23)18-16(11-14)31-8-6-9-32-18/h10-11,13H,4-9,12,24H2,1-3H3,(H,25,28,30). The van der Waals surface area contributed by atoms with Gasteiger partial charge in [0.25, 0.3) is 11.5 Å². The van der Waals surface area contributed by atoms with Crippen molar-refractivity contribution in [3.63, 3.8) is 0 Å². The van der Waals surface area contributed by atoms with E-state index in [1.807, 2.05) is 20.8 Å². The Morgan fingerprint density at radius 1 is 1.28 bits per heavy atom. The first-order valence-electron chi connectivity index (χ1n) is 10.8. The molecule has 1 amide bonds. The number of amides is 1. The van der Waals surface area contributed by atoms with E-state index < -0.39 is 17.2 Å². The first-order chi connectivity index (χ1) is 15.2. The number of carbonyl (C=O) groups is 1. The number of aromatic nitrogens is 2. The maximum atomic E-state index is 13.6. The fourth-order valence-corrected chi connectivity index (χ4v) is 3.79. The molecule has 0 atom stereocenters. The molecule has 2 aromatic rings. The molecule has 0 saturated carbocycles. The number of anilines is 2. The van der Waals surface area contributed by atoms with E-state index in [4.69, 9.17) is 26.8 Å². The smallest absolute Gasteiger partial charge is 0.330 e. The van der Waals surface area contributed by atoms with Crippen LogP contribution in [0.1, 0.15) is 50.4 Å².